The summed E-state index contributed by atoms with van der Waals surface area (Å²) in [6.45, 7) is 0. The molecule has 17 heavy (non-hydrogen) atoms. The molecule has 5 heteroatoms. The molecule has 4 nitrogen and oxygen atoms in total. The number of rotatable bonds is 6. The average Bonchev–Trinajstić information content (AvgIpc) is 2.28. The molecule has 1 unspecified atom stereocenters. The highest BCUT2D eigenvalue weighted by molar-refractivity contribution is 5.66. The molecule has 1 aromatic carbocycles. The molecule has 1 rings (SSSR count). The number of hydrogen-bond acceptors (Lipinski definition) is 3. The molecule has 0 aromatic heterocycles. The van der Waals surface area contributed by atoms with Crippen LogP contribution in [-0.2, 0) is 4.79 Å². The van der Waals surface area contributed by atoms with Crippen molar-refractivity contribution in [2.75, 3.05) is 7.11 Å². The van der Waals surface area contributed by atoms with Crippen LogP contribution in [0.4, 0.5) is 4.39 Å². The minimum atomic E-state index is -0.917. The second-order valence-corrected chi connectivity index (χ2v) is 3.69. The normalized spacial score (nSPS) is 12.2. The van der Waals surface area contributed by atoms with Crippen LogP contribution in [-0.4, -0.2) is 23.3 Å². The van der Waals surface area contributed by atoms with Crippen molar-refractivity contribution in [3.05, 3.63) is 29.6 Å². The van der Waals surface area contributed by atoms with Gasteiger partial charge in [-0.25, -0.2) is 4.39 Å². The topological polar surface area (TPSA) is 66.8 Å². The van der Waals surface area contributed by atoms with Crippen molar-refractivity contribution in [2.24, 2.45) is 0 Å². The maximum Gasteiger partial charge on any atom is 0.303 e. The van der Waals surface area contributed by atoms with Crippen LogP contribution >= 0.6 is 0 Å². The first-order chi connectivity index (χ1) is 8.04. The zero-order valence-electron chi connectivity index (χ0n) is 9.52. The standard InChI is InChI=1S/C12H15FO4/c1-17-11-6-5-8(13)7-9(11)10(14)3-2-4-12(15)16/h5-7,10,14H,2-4H2,1H3,(H,15,16). The van der Waals surface area contributed by atoms with Crippen molar-refractivity contribution in [2.45, 2.75) is 25.4 Å². The number of benzene rings is 1. The predicted molar refractivity (Wildman–Crippen MR) is 59.4 cm³/mol. The molecule has 0 fully saturated rings. The highest BCUT2D eigenvalue weighted by atomic mass is 19.1. The number of hydrogen-bond donors (Lipinski definition) is 2. The first kappa shape index (κ1) is 13.4. The molecule has 0 aliphatic carbocycles. The highest BCUT2D eigenvalue weighted by Crippen LogP contribution is 2.29. The maximum atomic E-state index is 13.0. The zero-order chi connectivity index (χ0) is 12.8. The Hall–Kier alpha value is -1.62. The number of carboxylic acids is 1. The van der Waals surface area contributed by atoms with Gasteiger partial charge in [0.25, 0.3) is 0 Å². The smallest absolute Gasteiger partial charge is 0.303 e. The van der Waals surface area contributed by atoms with E-state index in [-0.39, 0.29) is 12.8 Å². The second kappa shape index (κ2) is 6.20. The van der Waals surface area contributed by atoms with Crippen LogP contribution in [0, 0.1) is 5.82 Å². The molecular formula is C12H15FO4. The fourth-order valence-electron chi connectivity index (χ4n) is 1.57. The lowest BCUT2D eigenvalue weighted by molar-refractivity contribution is -0.137. The van der Waals surface area contributed by atoms with Crippen molar-refractivity contribution >= 4 is 5.97 Å². The summed E-state index contributed by atoms with van der Waals surface area (Å²) >= 11 is 0. The SMILES string of the molecule is COc1ccc(F)cc1C(O)CCCC(=O)O. The monoisotopic (exact) mass is 242 g/mol. The number of halogens is 1. The van der Waals surface area contributed by atoms with E-state index >= 15 is 0 Å². The predicted octanol–water partition coefficient (Wildman–Crippen LogP) is 2.12. The van der Waals surface area contributed by atoms with E-state index in [0.29, 0.717) is 17.7 Å². The van der Waals surface area contributed by atoms with Gasteiger partial charge in [0.15, 0.2) is 0 Å². The Kier molecular flexibility index (Phi) is 4.90. The number of carboxylic acid groups (broad SMARTS) is 1. The first-order valence-electron chi connectivity index (χ1n) is 5.28. The molecule has 0 aliphatic heterocycles. The quantitative estimate of drug-likeness (QED) is 0.801. The Morgan fingerprint density at radius 1 is 1.53 bits per heavy atom. The maximum absolute atomic E-state index is 13.0. The average molecular weight is 242 g/mol. The molecule has 1 aromatic rings. The molecule has 94 valence electrons. The van der Waals surface area contributed by atoms with Crippen LogP contribution in [0.3, 0.4) is 0 Å². The summed E-state index contributed by atoms with van der Waals surface area (Å²) in [5.41, 5.74) is 0.345. The molecule has 2 N–H and O–H groups in total. The lowest BCUT2D eigenvalue weighted by atomic mass is 10.0. The van der Waals surface area contributed by atoms with Crippen molar-refractivity contribution < 1.29 is 24.1 Å². The number of aliphatic hydroxyl groups excluding tert-OH is 1. The lowest BCUT2D eigenvalue weighted by Gasteiger charge is -2.14. The third kappa shape index (κ3) is 4.03. The largest absolute Gasteiger partial charge is 0.496 e. The van der Waals surface area contributed by atoms with Crippen LogP contribution in [0.5, 0.6) is 5.75 Å². The molecule has 0 amide bonds. The van der Waals surface area contributed by atoms with Crippen LogP contribution in [0.2, 0.25) is 0 Å². The van der Waals surface area contributed by atoms with E-state index in [1.807, 2.05) is 0 Å². The first-order valence-corrected chi connectivity index (χ1v) is 5.28. The van der Waals surface area contributed by atoms with Gasteiger partial charge >= 0.3 is 5.97 Å². The van der Waals surface area contributed by atoms with E-state index in [4.69, 9.17) is 9.84 Å². The minimum Gasteiger partial charge on any atom is -0.496 e. The summed E-state index contributed by atoms with van der Waals surface area (Å²) in [4.78, 5) is 10.3. The molecule has 0 radical (unpaired) electrons. The Bertz CT molecular complexity index is 392. The molecule has 0 saturated heterocycles. The molecule has 0 spiro atoms. The van der Waals surface area contributed by atoms with Gasteiger partial charge in [-0.3, -0.25) is 4.79 Å². The molecule has 0 bridgehead atoms. The van der Waals surface area contributed by atoms with Gasteiger partial charge in [0, 0.05) is 12.0 Å². The Labute approximate surface area is 98.7 Å². The lowest BCUT2D eigenvalue weighted by Crippen LogP contribution is -2.03. The number of methoxy groups -OCH3 is 1. The third-order valence-electron chi connectivity index (χ3n) is 2.42. The summed E-state index contributed by atoms with van der Waals surface area (Å²) in [7, 11) is 1.43. The van der Waals surface area contributed by atoms with Crippen LogP contribution in [0.15, 0.2) is 18.2 Å². The van der Waals surface area contributed by atoms with Crippen molar-refractivity contribution in [3.8, 4) is 5.75 Å². The van der Waals surface area contributed by atoms with Gasteiger partial charge in [-0.1, -0.05) is 0 Å². The molecule has 0 saturated carbocycles. The van der Waals surface area contributed by atoms with Gasteiger partial charge in [-0.15, -0.1) is 0 Å². The van der Waals surface area contributed by atoms with Gasteiger partial charge in [0.05, 0.1) is 13.2 Å². The number of ether oxygens (including phenoxy) is 1. The number of aliphatic carboxylic acids is 1. The molecular weight excluding hydrogens is 227 g/mol. The van der Waals surface area contributed by atoms with Crippen LogP contribution < -0.4 is 4.74 Å². The Balaban J connectivity index is 2.69. The van der Waals surface area contributed by atoms with Crippen LogP contribution in [0.25, 0.3) is 0 Å². The number of aliphatic hydroxyl groups is 1. The fourth-order valence-corrected chi connectivity index (χ4v) is 1.57. The zero-order valence-corrected chi connectivity index (χ0v) is 9.52. The Morgan fingerprint density at radius 2 is 2.24 bits per heavy atom. The second-order valence-electron chi connectivity index (χ2n) is 3.69. The highest BCUT2D eigenvalue weighted by Gasteiger charge is 2.14. The molecule has 0 heterocycles. The van der Waals surface area contributed by atoms with E-state index in [2.05, 4.69) is 0 Å². The van der Waals surface area contributed by atoms with Crippen LogP contribution in [0.1, 0.15) is 30.9 Å². The summed E-state index contributed by atoms with van der Waals surface area (Å²) in [5.74, 6) is -0.976. The number of carbonyl (C=O) groups is 1. The van der Waals surface area contributed by atoms with E-state index in [1.165, 1.54) is 25.3 Å². The van der Waals surface area contributed by atoms with E-state index < -0.39 is 17.9 Å². The Morgan fingerprint density at radius 3 is 2.82 bits per heavy atom. The summed E-state index contributed by atoms with van der Waals surface area (Å²) < 4.78 is 18.0. The van der Waals surface area contributed by atoms with E-state index in [1.54, 1.807) is 0 Å². The van der Waals surface area contributed by atoms with Crippen molar-refractivity contribution in [3.63, 3.8) is 0 Å². The van der Waals surface area contributed by atoms with Gasteiger partial charge in [-0.05, 0) is 31.0 Å². The van der Waals surface area contributed by atoms with Gasteiger partial charge in [0.2, 0.25) is 0 Å². The minimum absolute atomic E-state index is 0.0192. The molecule has 1 atom stereocenters. The van der Waals surface area contributed by atoms with Gasteiger partial charge in [0.1, 0.15) is 11.6 Å². The summed E-state index contributed by atoms with van der Waals surface area (Å²) in [6.07, 6.45) is -0.350. The van der Waals surface area contributed by atoms with E-state index in [9.17, 15) is 14.3 Å². The van der Waals surface area contributed by atoms with Gasteiger partial charge < -0.3 is 14.9 Å². The molecule has 0 aliphatic rings. The fraction of sp³-hybridized carbons (Fsp3) is 0.417. The van der Waals surface area contributed by atoms with Gasteiger partial charge in [-0.2, -0.15) is 0 Å². The summed E-state index contributed by atoms with van der Waals surface area (Å²) in [6, 6.07) is 3.88. The summed E-state index contributed by atoms with van der Waals surface area (Å²) in [5, 5.41) is 18.3. The van der Waals surface area contributed by atoms with Crippen molar-refractivity contribution in [1.29, 1.82) is 0 Å². The van der Waals surface area contributed by atoms with E-state index in [0.717, 1.165) is 0 Å². The van der Waals surface area contributed by atoms with Crippen molar-refractivity contribution in [1.82, 2.24) is 0 Å². The third-order valence-corrected chi connectivity index (χ3v) is 2.42.